The molecule has 2 aromatic heterocycles. The van der Waals surface area contributed by atoms with Crippen LogP contribution < -0.4 is 5.32 Å². The van der Waals surface area contributed by atoms with Crippen molar-refractivity contribution >= 4 is 5.82 Å². The molecule has 2 heterocycles. The lowest BCUT2D eigenvalue weighted by molar-refractivity contribution is 0.809. The van der Waals surface area contributed by atoms with Crippen LogP contribution in [0.3, 0.4) is 0 Å². The highest BCUT2D eigenvalue weighted by molar-refractivity contribution is 5.55. The standard InChI is InChI=1S/C13H14N6/c1-19-8-16-18-12(19)7-15-13-10(6-14)5-9-3-2-4-11(9)17-13/h5,8H,2-4,7H2,1H3,(H,15,17). The summed E-state index contributed by atoms with van der Waals surface area (Å²) in [5, 5.41) is 20.2. The van der Waals surface area contributed by atoms with Gasteiger partial charge in [-0.2, -0.15) is 5.26 Å². The van der Waals surface area contributed by atoms with Crippen LogP contribution in [0.1, 0.15) is 29.1 Å². The fourth-order valence-corrected chi connectivity index (χ4v) is 2.32. The van der Waals surface area contributed by atoms with Crippen LogP contribution in [0.2, 0.25) is 0 Å². The molecule has 96 valence electrons. The first-order chi connectivity index (χ1) is 9.28. The van der Waals surface area contributed by atoms with E-state index >= 15 is 0 Å². The van der Waals surface area contributed by atoms with Gasteiger partial charge in [0.1, 0.15) is 18.2 Å². The summed E-state index contributed by atoms with van der Waals surface area (Å²) in [6, 6.07) is 4.15. The SMILES string of the molecule is Cn1cnnc1CNc1nc2c(cc1C#N)CCC2. The fourth-order valence-electron chi connectivity index (χ4n) is 2.32. The van der Waals surface area contributed by atoms with Crippen LogP contribution in [-0.4, -0.2) is 19.7 Å². The molecule has 19 heavy (non-hydrogen) atoms. The second kappa shape index (κ2) is 4.69. The van der Waals surface area contributed by atoms with Crippen LogP contribution in [0, 0.1) is 11.3 Å². The number of nitrogens with one attached hydrogen (secondary N) is 1. The average Bonchev–Trinajstić information content (AvgIpc) is 3.03. The number of anilines is 1. The van der Waals surface area contributed by atoms with E-state index in [0.29, 0.717) is 17.9 Å². The van der Waals surface area contributed by atoms with E-state index in [1.807, 2.05) is 17.7 Å². The van der Waals surface area contributed by atoms with Crippen molar-refractivity contribution in [3.63, 3.8) is 0 Å². The Labute approximate surface area is 111 Å². The van der Waals surface area contributed by atoms with Gasteiger partial charge in [-0.15, -0.1) is 10.2 Å². The zero-order chi connectivity index (χ0) is 13.2. The van der Waals surface area contributed by atoms with Crippen molar-refractivity contribution in [1.82, 2.24) is 19.7 Å². The predicted octanol–water partition coefficient (Wildman–Crippen LogP) is 1.18. The van der Waals surface area contributed by atoms with Gasteiger partial charge >= 0.3 is 0 Å². The largest absolute Gasteiger partial charge is 0.362 e. The maximum Gasteiger partial charge on any atom is 0.151 e. The zero-order valence-corrected chi connectivity index (χ0v) is 10.7. The Kier molecular flexibility index (Phi) is 2.88. The number of hydrogen-bond acceptors (Lipinski definition) is 5. The summed E-state index contributed by atoms with van der Waals surface area (Å²) in [6.45, 7) is 0.511. The van der Waals surface area contributed by atoms with Crippen molar-refractivity contribution in [1.29, 1.82) is 5.26 Å². The van der Waals surface area contributed by atoms with Gasteiger partial charge in [0.25, 0.3) is 0 Å². The van der Waals surface area contributed by atoms with Gasteiger partial charge in [0.2, 0.25) is 0 Å². The third-order valence-electron chi connectivity index (χ3n) is 3.39. The normalized spacial score (nSPS) is 13.1. The molecule has 0 radical (unpaired) electrons. The highest BCUT2D eigenvalue weighted by Gasteiger charge is 2.16. The lowest BCUT2D eigenvalue weighted by atomic mass is 10.1. The quantitative estimate of drug-likeness (QED) is 0.889. The van der Waals surface area contributed by atoms with Crippen LogP contribution in [0.25, 0.3) is 0 Å². The molecule has 0 saturated carbocycles. The fraction of sp³-hybridized carbons (Fsp3) is 0.385. The monoisotopic (exact) mass is 254 g/mol. The third-order valence-corrected chi connectivity index (χ3v) is 3.39. The lowest BCUT2D eigenvalue weighted by Crippen LogP contribution is -2.09. The summed E-state index contributed by atoms with van der Waals surface area (Å²) < 4.78 is 1.84. The van der Waals surface area contributed by atoms with Crippen LogP contribution in [0.15, 0.2) is 12.4 Å². The highest BCUT2D eigenvalue weighted by atomic mass is 15.3. The predicted molar refractivity (Wildman–Crippen MR) is 69.3 cm³/mol. The number of fused-ring (bicyclic) bond motifs is 1. The molecule has 0 aromatic carbocycles. The second-order valence-electron chi connectivity index (χ2n) is 4.67. The first kappa shape index (κ1) is 11.7. The highest BCUT2D eigenvalue weighted by Crippen LogP contribution is 2.25. The van der Waals surface area contributed by atoms with Gasteiger partial charge in [0.05, 0.1) is 12.1 Å². The Balaban J connectivity index is 1.85. The van der Waals surface area contributed by atoms with Crippen molar-refractivity contribution in [3.05, 3.63) is 35.0 Å². The molecule has 3 rings (SSSR count). The average molecular weight is 254 g/mol. The molecule has 6 nitrogen and oxygen atoms in total. The van der Waals surface area contributed by atoms with Gasteiger partial charge in [0, 0.05) is 12.7 Å². The van der Waals surface area contributed by atoms with Crippen molar-refractivity contribution < 1.29 is 0 Å². The van der Waals surface area contributed by atoms with E-state index < -0.39 is 0 Å². The molecule has 0 saturated heterocycles. The summed E-state index contributed by atoms with van der Waals surface area (Å²) in [4.78, 5) is 4.56. The molecule has 1 N–H and O–H groups in total. The van der Waals surface area contributed by atoms with E-state index in [4.69, 9.17) is 0 Å². The Morgan fingerprint density at radius 1 is 1.47 bits per heavy atom. The molecule has 0 amide bonds. The van der Waals surface area contributed by atoms with Crippen LogP contribution in [0.4, 0.5) is 5.82 Å². The number of hydrogen-bond donors (Lipinski definition) is 1. The molecule has 2 aromatic rings. The third kappa shape index (κ3) is 2.15. The van der Waals surface area contributed by atoms with E-state index in [1.54, 1.807) is 6.33 Å². The smallest absolute Gasteiger partial charge is 0.151 e. The van der Waals surface area contributed by atoms with Gasteiger partial charge in [0.15, 0.2) is 5.82 Å². The number of pyridine rings is 1. The van der Waals surface area contributed by atoms with Crippen LogP contribution in [-0.2, 0) is 26.4 Å². The van der Waals surface area contributed by atoms with E-state index in [2.05, 4.69) is 26.6 Å². The second-order valence-corrected chi connectivity index (χ2v) is 4.67. The Bertz CT molecular complexity index is 652. The van der Waals surface area contributed by atoms with E-state index in [1.165, 1.54) is 5.56 Å². The minimum atomic E-state index is 0.511. The maximum absolute atomic E-state index is 9.20. The summed E-state index contributed by atoms with van der Waals surface area (Å²) in [5.41, 5.74) is 2.92. The van der Waals surface area contributed by atoms with Gasteiger partial charge in [-0.1, -0.05) is 0 Å². The summed E-state index contributed by atoms with van der Waals surface area (Å²) in [5.74, 6) is 1.46. The van der Waals surface area contributed by atoms with Crippen LogP contribution in [0.5, 0.6) is 0 Å². The number of aryl methyl sites for hydroxylation is 3. The summed E-state index contributed by atoms with van der Waals surface area (Å²) in [7, 11) is 1.89. The van der Waals surface area contributed by atoms with Gasteiger partial charge in [-0.05, 0) is 30.9 Å². The Morgan fingerprint density at radius 2 is 2.37 bits per heavy atom. The molecule has 0 fully saturated rings. The van der Waals surface area contributed by atoms with Crippen molar-refractivity contribution in [2.45, 2.75) is 25.8 Å². The maximum atomic E-state index is 9.20. The number of nitrogens with zero attached hydrogens (tertiary/aromatic N) is 5. The topological polar surface area (TPSA) is 79.4 Å². The summed E-state index contributed by atoms with van der Waals surface area (Å²) >= 11 is 0. The van der Waals surface area contributed by atoms with E-state index in [9.17, 15) is 5.26 Å². The minimum Gasteiger partial charge on any atom is -0.362 e. The first-order valence-corrected chi connectivity index (χ1v) is 6.27. The molecule has 1 aliphatic rings. The molecule has 0 spiro atoms. The Morgan fingerprint density at radius 3 is 3.11 bits per heavy atom. The first-order valence-electron chi connectivity index (χ1n) is 6.27. The molecule has 6 heteroatoms. The van der Waals surface area contributed by atoms with Gasteiger partial charge in [-0.3, -0.25) is 0 Å². The molecular formula is C13H14N6. The number of aromatic nitrogens is 4. The lowest BCUT2D eigenvalue weighted by Gasteiger charge is -2.09. The zero-order valence-electron chi connectivity index (χ0n) is 10.7. The number of nitriles is 1. The van der Waals surface area contributed by atoms with Gasteiger partial charge < -0.3 is 9.88 Å². The Hall–Kier alpha value is -2.42. The van der Waals surface area contributed by atoms with E-state index in [0.717, 1.165) is 30.8 Å². The van der Waals surface area contributed by atoms with Crippen molar-refractivity contribution in [2.75, 3.05) is 5.32 Å². The molecule has 0 aliphatic heterocycles. The van der Waals surface area contributed by atoms with Gasteiger partial charge in [-0.25, -0.2) is 4.98 Å². The molecule has 0 bridgehead atoms. The minimum absolute atomic E-state index is 0.511. The molecule has 0 atom stereocenters. The summed E-state index contributed by atoms with van der Waals surface area (Å²) in [6.07, 6.45) is 4.80. The molecular weight excluding hydrogens is 240 g/mol. The van der Waals surface area contributed by atoms with Crippen molar-refractivity contribution in [3.8, 4) is 6.07 Å². The molecule has 0 unspecified atom stereocenters. The van der Waals surface area contributed by atoms with E-state index in [-0.39, 0.29) is 0 Å². The number of rotatable bonds is 3. The van der Waals surface area contributed by atoms with Crippen LogP contribution >= 0.6 is 0 Å². The molecule has 1 aliphatic carbocycles. The van der Waals surface area contributed by atoms with Crippen molar-refractivity contribution in [2.24, 2.45) is 7.05 Å².